The van der Waals surface area contributed by atoms with Crippen LogP contribution in [0.25, 0.3) is 0 Å². The van der Waals surface area contributed by atoms with E-state index in [0.717, 1.165) is 0 Å². The summed E-state index contributed by atoms with van der Waals surface area (Å²) in [6.07, 6.45) is 0. The van der Waals surface area contributed by atoms with E-state index in [-0.39, 0.29) is 11.3 Å². The van der Waals surface area contributed by atoms with Crippen LogP contribution in [0.4, 0.5) is 27.5 Å². The van der Waals surface area contributed by atoms with Gasteiger partial charge in [-0.05, 0) is 36.4 Å². The molecule has 8 heteroatoms. The van der Waals surface area contributed by atoms with Gasteiger partial charge in [0.15, 0.2) is 0 Å². The number of nitro groups is 1. The topological polar surface area (TPSA) is 113 Å². The standard InChI is InChI=1S/C20H16N4O4/c25-19(14-10-12-16(13-11-14)24(27)28)22-17-8-4-5-9-18(17)23-20(26)21-15-6-2-1-3-7-15/h1-13H,(H,22,25)(H2,21,23,26). The van der Waals surface area contributed by atoms with Crippen LogP contribution in [0, 0.1) is 10.1 Å². The fourth-order valence-electron chi connectivity index (χ4n) is 2.44. The zero-order valence-corrected chi connectivity index (χ0v) is 14.6. The molecule has 0 aromatic heterocycles. The highest BCUT2D eigenvalue weighted by atomic mass is 16.6. The highest BCUT2D eigenvalue weighted by Gasteiger charge is 2.12. The molecule has 0 aliphatic carbocycles. The number of benzene rings is 3. The fourth-order valence-corrected chi connectivity index (χ4v) is 2.44. The van der Waals surface area contributed by atoms with Gasteiger partial charge < -0.3 is 16.0 Å². The van der Waals surface area contributed by atoms with Crippen molar-refractivity contribution in [1.29, 1.82) is 0 Å². The Balaban J connectivity index is 1.70. The molecule has 0 saturated heterocycles. The first-order valence-electron chi connectivity index (χ1n) is 8.31. The summed E-state index contributed by atoms with van der Waals surface area (Å²) >= 11 is 0. The molecule has 0 aliphatic heterocycles. The van der Waals surface area contributed by atoms with Gasteiger partial charge in [-0.25, -0.2) is 4.79 Å². The predicted octanol–water partition coefficient (Wildman–Crippen LogP) is 4.49. The number of non-ortho nitro benzene ring substituents is 1. The molecule has 3 aromatic carbocycles. The van der Waals surface area contributed by atoms with Gasteiger partial charge in [-0.2, -0.15) is 0 Å². The van der Waals surface area contributed by atoms with Crippen LogP contribution < -0.4 is 16.0 Å². The average molecular weight is 376 g/mol. The van der Waals surface area contributed by atoms with Gasteiger partial charge in [0.1, 0.15) is 0 Å². The Morgan fingerprint density at radius 3 is 1.89 bits per heavy atom. The number of nitrogens with one attached hydrogen (secondary N) is 3. The first-order chi connectivity index (χ1) is 13.5. The van der Waals surface area contributed by atoms with Gasteiger partial charge in [0.2, 0.25) is 0 Å². The number of urea groups is 1. The molecular formula is C20H16N4O4. The number of anilines is 3. The highest BCUT2D eigenvalue weighted by molar-refractivity contribution is 6.08. The summed E-state index contributed by atoms with van der Waals surface area (Å²) in [7, 11) is 0. The van der Waals surface area contributed by atoms with Crippen molar-refractivity contribution >= 4 is 34.7 Å². The maximum absolute atomic E-state index is 12.4. The third-order valence-electron chi connectivity index (χ3n) is 3.80. The Morgan fingerprint density at radius 2 is 1.29 bits per heavy atom. The third-order valence-corrected chi connectivity index (χ3v) is 3.80. The molecule has 0 fully saturated rings. The SMILES string of the molecule is O=C(Nc1ccccc1)Nc1ccccc1NC(=O)c1ccc([N+](=O)[O-])cc1. The third kappa shape index (κ3) is 4.70. The van der Waals surface area contributed by atoms with E-state index in [1.807, 2.05) is 6.07 Å². The number of para-hydroxylation sites is 3. The largest absolute Gasteiger partial charge is 0.323 e. The summed E-state index contributed by atoms with van der Waals surface area (Å²) in [4.78, 5) is 34.8. The van der Waals surface area contributed by atoms with Gasteiger partial charge in [0, 0.05) is 23.4 Å². The van der Waals surface area contributed by atoms with Gasteiger partial charge in [0.05, 0.1) is 16.3 Å². The molecule has 0 radical (unpaired) electrons. The molecule has 0 unspecified atom stereocenters. The summed E-state index contributed by atoms with van der Waals surface area (Å²) in [5.74, 6) is -0.451. The van der Waals surface area contributed by atoms with E-state index in [1.54, 1.807) is 48.5 Å². The second-order valence-electron chi connectivity index (χ2n) is 5.75. The Hall–Kier alpha value is -4.20. The van der Waals surface area contributed by atoms with Gasteiger partial charge in [0.25, 0.3) is 11.6 Å². The van der Waals surface area contributed by atoms with Crippen molar-refractivity contribution in [2.24, 2.45) is 0 Å². The van der Waals surface area contributed by atoms with Crippen LogP contribution in [0.2, 0.25) is 0 Å². The molecule has 3 rings (SSSR count). The summed E-state index contributed by atoms with van der Waals surface area (Å²) in [5, 5.41) is 18.8. The van der Waals surface area contributed by atoms with Crippen LogP contribution in [0.1, 0.15) is 10.4 Å². The lowest BCUT2D eigenvalue weighted by molar-refractivity contribution is -0.384. The molecule has 0 heterocycles. The molecule has 0 spiro atoms. The van der Waals surface area contributed by atoms with E-state index in [2.05, 4.69) is 16.0 Å². The minimum absolute atomic E-state index is 0.101. The molecule has 140 valence electrons. The van der Waals surface area contributed by atoms with Crippen LogP contribution in [0.15, 0.2) is 78.9 Å². The lowest BCUT2D eigenvalue weighted by Gasteiger charge is -2.13. The summed E-state index contributed by atoms with van der Waals surface area (Å²) in [6.45, 7) is 0. The number of rotatable bonds is 5. The number of carbonyl (C=O) groups excluding carboxylic acids is 2. The summed E-state index contributed by atoms with van der Waals surface area (Å²) in [5.41, 5.74) is 1.60. The van der Waals surface area contributed by atoms with E-state index in [9.17, 15) is 19.7 Å². The molecule has 0 atom stereocenters. The number of nitrogens with zero attached hydrogens (tertiary/aromatic N) is 1. The van der Waals surface area contributed by atoms with E-state index in [4.69, 9.17) is 0 Å². The summed E-state index contributed by atoms with van der Waals surface area (Å²) in [6, 6.07) is 20.5. The van der Waals surface area contributed by atoms with Crippen molar-refractivity contribution < 1.29 is 14.5 Å². The van der Waals surface area contributed by atoms with Gasteiger partial charge in [-0.15, -0.1) is 0 Å². The average Bonchev–Trinajstić information content (AvgIpc) is 2.70. The Morgan fingerprint density at radius 1 is 0.714 bits per heavy atom. The van der Waals surface area contributed by atoms with Crippen molar-refractivity contribution in [2.45, 2.75) is 0 Å². The van der Waals surface area contributed by atoms with E-state index in [0.29, 0.717) is 17.1 Å². The van der Waals surface area contributed by atoms with Crippen molar-refractivity contribution in [2.75, 3.05) is 16.0 Å². The molecule has 3 amide bonds. The number of nitro benzene ring substituents is 1. The van der Waals surface area contributed by atoms with E-state index < -0.39 is 16.9 Å². The lowest BCUT2D eigenvalue weighted by atomic mass is 10.2. The molecule has 3 aromatic rings. The number of hydrogen-bond acceptors (Lipinski definition) is 4. The minimum atomic E-state index is -0.535. The van der Waals surface area contributed by atoms with Crippen LogP contribution in [-0.4, -0.2) is 16.9 Å². The van der Waals surface area contributed by atoms with Crippen molar-refractivity contribution in [3.63, 3.8) is 0 Å². The van der Waals surface area contributed by atoms with Crippen molar-refractivity contribution in [1.82, 2.24) is 0 Å². The molecule has 3 N–H and O–H groups in total. The van der Waals surface area contributed by atoms with Crippen molar-refractivity contribution in [3.05, 3.63) is 94.5 Å². The second kappa shape index (κ2) is 8.45. The molecule has 0 bridgehead atoms. The van der Waals surface area contributed by atoms with Crippen LogP contribution in [0.5, 0.6) is 0 Å². The van der Waals surface area contributed by atoms with Gasteiger partial charge in [-0.1, -0.05) is 30.3 Å². The normalized spacial score (nSPS) is 10.0. The van der Waals surface area contributed by atoms with E-state index in [1.165, 1.54) is 24.3 Å². The summed E-state index contributed by atoms with van der Waals surface area (Å²) < 4.78 is 0. The zero-order valence-electron chi connectivity index (χ0n) is 14.6. The Bertz CT molecular complexity index is 1000. The predicted molar refractivity (Wildman–Crippen MR) is 107 cm³/mol. The monoisotopic (exact) mass is 376 g/mol. The maximum atomic E-state index is 12.4. The van der Waals surface area contributed by atoms with Gasteiger partial charge in [-0.3, -0.25) is 14.9 Å². The Labute approximate surface area is 160 Å². The number of hydrogen-bond donors (Lipinski definition) is 3. The molecule has 28 heavy (non-hydrogen) atoms. The fraction of sp³-hybridized carbons (Fsp3) is 0. The quantitative estimate of drug-likeness (QED) is 0.450. The number of amides is 3. The smallest absolute Gasteiger partial charge is 0.320 e. The van der Waals surface area contributed by atoms with Crippen LogP contribution in [0.3, 0.4) is 0 Å². The van der Waals surface area contributed by atoms with Crippen LogP contribution >= 0.6 is 0 Å². The minimum Gasteiger partial charge on any atom is -0.320 e. The van der Waals surface area contributed by atoms with E-state index >= 15 is 0 Å². The lowest BCUT2D eigenvalue weighted by Crippen LogP contribution is -2.21. The molecular weight excluding hydrogens is 360 g/mol. The Kier molecular flexibility index (Phi) is 5.61. The first kappa shape index (κ1) is 18.6. The van der Waals surface area contributed by atoms with Crippen LogP contribution in [-0.2, 0) is 0 Å². The second-order valence-corrected chi connectivity index (χ2v) is 5.75. The van der Waals surface area contributed by atoms with Crippen molar-refractivity contribution in [3.8, 4) is 0 Å². The maximum Gasteiger partial charge on any atom is 0.323 e. The molecule has 0 saturated carbocycles. The first-order valence-corrected chi connectivity index (χ1v) is 8.31. The number of carbonyl (C=O) groups is 2. The van der Waals surface area contributed by atoms with Gasteiger partial charge >= 0.3 is 6.03 Å². The molecule has 8 nitrogen and oxygen atoms in total. The zero-order chi connectivity index (χ0) is 19.9. The highest BCUT2D eigenvalue weighted by Crippen LogP contribution is 2.22. The molecule has 0 aliphatic rings.